The van der Waals surface area contributed by atoms with Crippen LogP contribution in [0.3, 0.4) is 0 Å². The van der Waals surface area contributed by atoms with E-state index in [1.54, 1.807) is 19.1 Å². The number of cyclic esters (lactones) is 1. The molecule has 2 rings (SSSR count). The minimum absolute atomic E-state index is 0.0167. The molecule has 1 heterocycles. The van der Waals surface area contributed by atoms with Crippen LogP contribution < -0.4 is 9.47 Å². The molecule has 136 valence electrons. The lowest BCUT2D eigenvalue weighted by Gasteiger charge is -2.24. The molecule has 1 aromatic rings. The number of hydrogen-bond acceptors (Lipinski definition) is 7. The molecular weight excluding hydrogens is 328 g/mol. The van der Waals surface area contributed by atoms with E-state index in [0.717, 1.165) is 0 Å². The molecule has 0 saturated heterocycles. The van der Waals surface area contributed by atoms with Crippen molar-refractivity contribution in [3.63, 3.8) is 0 Å². The lowest BCUT2D eigenvalue weighted by molar-refractivity contribution is -0.152. The summed E-state index contributed by atoms with van der Waals surface area (Å²) >= 11 is 0. The molecule has 1 aliphatic heterocycles. The molecule has 1 aliphatic rings. The largest absolute Gasteiger partial charge is 0.497 e. The summed E-state index contributed by atoms with van der Waals surface area (Å²) in [5.41, 5.74) is 0.744. The Bertz CT molecular complexity index is 680. The highest BCUT2D eigenvalue weighted by Crippen LogP contribution is 2.32. The fourth-order valence-electron chi connectivity index (χ4n) is 2.94. The van der Waals surface area contributed by atoms with Crippen molar-refractivity contribution >= 4 is 17.7 Å². The van der Waals surface area contributed by atoms with E-state index in [1.807, 2.05) is 0 Å². The molecule has 0 spiro atoms. The molecular formula is C18H22O7. The Hall–Kier alpha value is -2.57. The third kappa shape index (κ3) is 4.71. The molecule has 0 saturated carbocycles. The minimum Gasteiger partial charge on any atom is -0.497 e. The number of benzene rings is 1. The van der Waals surface area contributed by atoms with Gasteiger partial charge in [0.15, 0.2) is 5.78 Å². The molecule has 1 aromatic carbocycles. The van der Waals surface area contributed by atoms with Crippen molar-refractivity contribution in [1.29, 1.82) is 0 Å². The Morgan fingerprint density at radius 1 is 1.20 bits per heavy atom. The van der Waals surface area contributed by atoms with Gasteiger partial charge >= 0.3 is 11.9 Å². The van der Waals surface area contributed by atoms with E-state index >= 15 is 0 Å². The minimum atomic E-state index is -0.675. The zero-order chi connectivity index (χ0) is 18.6. The molecule has 25 heavy (non-hydrogen) atoms. The van der Waals surface area contributed by atoms with Crippen molar-refractivity contribution in [1.82, 2.24) is 0 Å². The maximum absolute atomic E-state index is 12.8. The predicted octanol–water partition coefficient (Wildman–Crippen LogP) is 2.09. The molecule has 0 aromatic heterocycles. The summed E-state index contributed by atoms with van der Waals surface area (Å²) in [6, 6.07) is 3.20. The second-order valence-electron chi connectivity index (χ2n) is 5.94. The van der Waals surface area contributed by atoms with E-state index in [4.69, 9.17) is 18.9 Å². The molecule has 0 radical (unpaired) electrons. The normalized spacial score (nSPS) is 21.0. The van der Waals surface area contributed by atoms with E-state index < -0.39 is 24.1 Å². The number of ether oxygens (including phenoxy) is 4. The number of fused-ring (bicyclic) bond motifs is 1. The smallest absolute Gasteiger partial charge is 0.310 e. The number of carbonyl (C=O) groups excluding carboxylic acids is 3. The maximum Gasteiger partial charge on any atom is 0.310 e. The Balaban J connectivity index is 2.50. The Morgan fingerprint density at radius 2 is 1.92 bits per heavy atom. The molecule has 2 atom stereocenters. The first-order chi connectivity index (χ1) is 11.8. The topological polar surface area (TPSA) is 88.1 Å². The van der Waals surface area contributed by atoms with Crippen LogP contribution in [0.15, 0.2) is 12.1 Å². The summed E-state index contributed by atoms with van der Waals surface area (Å²) in [4.78, 5) is 36.3. The molecule has 0 fully saturated rings. The Kier molecular flexibility index (Phi) is 6.01. The average molecular weight is 350 g/mol. The van der Waals surface area contributed by atoms with Crippen molar-refractivity contribution in [3.8, 4) is 11.5 Å². The second-order valence-corrected chi connectivity index (χ2v) is 5.94. The monoisotopic (exact) mass is 350 g/mol. The number of hydrogen-bond donors (Lipinski definition) is 0. The van der Waals surface area contributed by atoms with Crippen LogP contribution >= 0.6 is 0 Å². The zero-order valence-corrected chi connectivity index (χ0v) is 14.8. The number of carbonyl (C=O) groups is 3. The van der Waals surface area contributed by atoms with Crippen molar-refractivity contribution in [2.24, 2.45) is 0 Å². The van der Waals surface area contributed by atoms with Crippen molar-refractivity contribution < 1.29 is 33.3 Å². The van der Waals surface area contributed by atoms with Crippen LogP contribution in [0.1, 0.15) is 42.6 Å². The highest BCUT2D eigenvalue weighted by molar-refractivity contribution is 6.01. The third-order valence-electron chi connectivity index (χ3n) is 3.90. The number of methoxy groups -OCH3 is 2. The molecule has 0 aliphatic carbocycles. The van der Waals surface area contributed by atoms with E-state index in [1.165, 1.54) is 21.1 Å². The molecule has 0 unspecified atom stereocenters. The lowest BCUT2D eigenvalue weighted by atomic mass is 9.94. The standard InChI is InChI=1S/C18H22O7/c1-10-5-14(25-11(2)19)8-15(20)18-12(7-17(21)24-10)6-13(22-3)9-16(18)23-4/h6,9-10,14H,5,7-8H2,1-4H3/t10-,14-/m1/s1. The van der Waals surface area contributed by atoms with E-state index in [9.17, 15) is 14.4 Å². The summed E-state index contributed by atoms with van der Waals surface area (Å²) in [5, 5.41) is 0. The highest BCUT2D eigenvalue weighted by atomic mass is 16.6. The van der Waals surface area contributed by atoms with Gasteiger partial charge in [-0.3, -0.25) is 14.4 Å². The van der Waals surface area contributed by atoms with E-state index in [2.05, 4.69) is 0 Å². The van der Waals surface area contributed by atoms with Crippen LogP contribution in [0.4, 0.5) is 0 Å². The zero-order valence-electron chi connectivity index (χ0n) is 14.8. The number of esters is 2. The molecule has 0 N–H and O–H groups in total. The quantitative estimate of drug-likeness (QED) is 0.771. The van der Waals surface area contributed by atoms with Crippen LogP contribution in [0.25, 0.3) is 0 Å². The first-order valence-corrected chi connectivity index (χ1v) is 7.98. The summed E-state index contributed by atoms with van der Waals surface area (Å²) in [6.07, 6.45) is -0.983. The van der Waals surface area contributed by atoms with Gasteiger partial charge in [0.2, 0.25) is 0 Å². The number of Topliss-reactive ketones (excluding diaryl/α,β-unsaturated/α-hetero) is 1. The lowest BCUT2D eigenvalue weighted by Crippen LogP contribution is -2.29. The van der Waals surface area contributed by atoms with Gasteiger partial charge in [-0.25, -0.2) is 0 Å². The van der Waals surface area contributed by atoms with Crippen molar-refractivity contribution in [2.45, 2.75) is 45.3 Å². The second kappa shape index (κ2) is 8.00. The average Bonchev–Trinajstić information content (AvgIpc) is 2.51. The van der Waals surface area contributed by atoms with Crippen molar-refractivity contribution in [3.05, 3.63) is 23.3 Å². The molecule has 0 amide bonds. The van der Waals surface area contributed by atoms with Gasteiger partial charge < -0.3 is 18.9 Å². The van der Waals surface area contributed by atoms with Crippen LogP contribution in [0.5, 0.6) is 11.5 Å². The fraction of sp³-hybridized carbons (Fsp3) is 0.500. The molecule has 0 bridgehead atoms. The number of rotatable bonds is 3. The first-order valence-electron chi connectivity index (χ1n) is 7.98. The molecule has 7 nitrogen and oxygen atoms in total. The van der Waals surface area contributed by atoms with Crippen LogP contribution in [0, 0.1) is 0 Å². The number of ketones is 1. The summed E-state index contributed by atoms with van der Waals surface area (Å²) in [5.74, 6) is -0.446. The Morgan fingerprint density at radius 3 is 2.52 bits per heavy atom. The van der Waals surface area contributed by atoms with Gasteiger partial charge in [-0.05, 0) is 18.6 Å². The summed E-state index contributed by atoms with van der Waals surface area (Å²) in [6.45, 7) is 2.98. The van der Waals surface area contributed by atoms with Gasteiger partial charge in [0.1, 0.15) is 23.7 Å². The van der Waals surface area contributed by atoms with Crippen LogP contribution in [-0.2, 0) is 25.5 Å². The van der Waals surface area contributed by atoms with Gasteiger partial charge in [0, 0.05) is 25.8 Å². The van der Waals surface area contributed by atoms with E-state index in [0.29, 0.717) is 17.1 Å². The maximum atomic E-state index is 12.8. The summed E-state index contributed by atoms with van der Waals surface area (Å²) < 4.78 is 21.1. The van der Waals surface area contributed by atoms with Gasteiger partial charge in [0.05, 0.1) is 26.2 Å². The fourth-order valence-corrected chi connectivity index (χ4v) is 2.94. The van der Waals surface area contributed by atoms with Crippen molar-refractivity contribution in [2.75, 3.05) is 14.2 Å². The van der Waals surface area contributed by atoms with Gasteiger partial charge in [-0.1, -0.05) is 0 Å². The molecule has 7 heteroatoms. The van der Waals surface area contributed by atoms with Crippen LogP contribution in [-0.4, -0.2) is 44.1 Å². The van der Waals surface area contributed by atoms with Gasteiger partial charge in [0.25, 0.3) is 0 Å². The SMILES string of the molecule is COc1cc2c(c(OC)c1)C(=O)C[C@H](OC(C)=O)C[C@@H](C)OC(=O)C2. The van der Waals surface area contributed by atoms with Gasteiger partial charge in [-0.2, -0.15) is 0 Å². The Labute approximate surface area is 146 Å². The predicted molar refractivity (Wildman–Crippen MR) is 87.9 cm³/mol. The highest BCUT2D eigenvalue weighted by Gasteiger charge is 2.29. The van der Waals surface area contributed by atoms with Crippen LogP contribution in [0.2, 0.25) is 0 Å². The summed E-state index contributed by atoms with van der Waals surface area (Å²) in [7, 11) is 2.92. The van der Waals surface area contributed by atoms with E-state index in [-0.39, 0.29) is 30.6 Å². The van der Waals surface area contributed by atoms with Gasteiger partial charge in [-0.15, -0.1) is 0 Å². The first kappa shape index (κ1) is 18.8. The third-order valence-corrected chi connectivity index (χ3v) is 3.90.